The Hall–Kier alpha value is -2.09. The largest absolute Gasteiger partial charge is 0.493 e. The molecule has 0 aliphatic rings. The van der Waals surface area contributed by atoms with Gasteiger partial charge in [0.2, 0.25) is 0 Å². The van der Waals surface area contributed by atoms with E-state index < -0.39 is 0 Å². The van der Waals surface area contributed by atoms with Crippen LogP contribution in [-0.4, -0.2) is 12.4 Å². The lowest BCUT2D eigenvalue weighted by Gasteiger charge is -2.19. The minimum absolute atomic E-state index is 0.0965. The van der Waals surface area contributed by atoms with Gasteiger partial charge >= 0.3 is 0 Å². The highest BCUT2D eigenvalue weighted by Crippen LogP contribution is 2.25. The van der Waals surface area contributed by atoms with Crippen molar-refractivity contribution < 1.29 is 9.53 Å². The molecule has 2 aromatic rings. The van der Waals surface area contributed by atoms with E-state index in [-0.39, 0.29) is 11.2 Å². The van der Waals surface area contributed by atoms with E-state index in [1.165, 1.54) is 5.56 Å². The molecule has 0 aromatic heterocycles. The molecular weight excluding hydrogens is 260 g/mol. The lowest BCUT2D eigenvalue weighted by molar-refractivity contribution is 0.0962. The second kappa shape index (κ2) is 6.57. The van der Waals surface area contributed by atoms with E-state index in [1.807, 2.05) is 48.5 Å². The summed E-state index contributed by atoms with van der Waals surface area (Å²) in [6.45, 7) is 6.92. The fourth-order valence-corrected chi connectivity index (χ4v) is 2.08. The van der Waals surface area contributed by atoms with Crippen LogP contribution in [0.1, 0.15) is 43.1 Å². The molecule has 0 aliphatic heterocycles. The average molecular weight is 282 g/mol. The quantitative estimate of drug-likeness (QED) is 0.747. The molecule has 110 valence electrons. The molecule has 0 bridgehead atoms. The van der Waals surface area contributed by atoms with Crippen molar-refractivity contribution in [3.05, 3.63) is 65.7 Å². The van der Waals surface area contributed by atoms with E-state index in [0.29, 0.717) is 13.0 Å². The summed E-state index contributed by atoms with van der Waals surface area (Å²) in [5, 5.41) is 0. The van der Waals surface area contributed by atoms with Crippen LogP contribution in [0, 0.1) is 0 Å². The van der Waals surface area contributed by atoms with Gasteiger partial charge in [0.25, 0.3) is 0 Å². The fourth-order valence-electron chi connectivity index (χ4n) is 2.08. The SMILES string of the molecule is CC(C)(C)c1cccc(OCCC(=O)c2ccccc2)c1. The zero-order chi connectivity index (χ0) is 15.3. The minimum Gasteiger partial charge on any atom is -0.493 e. The van der Waals surface area contributed by atoms with Gasteiger partial charge in [-0.1, -0.05) is 63.2 Å². The Labute approximate surface area is 126 Å². The molecule has 0 N–H and O–H groups in total. The second-order valence-corrected chi connectivity index (χ2v) is 6.17. The highest BCUT2D eigenvalue weighted by Gasteiger charge is 2.14. The van der Waals surface area contributed by atoms with Gasteiger partial charge < -0.3 is 4.74 Å². The molecule has 2 aromatic carbocycles. The van der Waals surface area contributed by atoms with Gasteiger partial charge in [-0.05, 0) is 23.1 Å². The summed E-state index contributed by atoms with van der Waals surface area (Å²) in [5.74, 6) is 0.936. The first-order chi connectivity index (χ1) is 9.97. The smallest absolute Gasteiger partial charge is 0.166 e. The summed E-state index contributed by atoms with van der Waals surface area (Å²) in [7, 11) is 0. The van der Waals surface area contributed by atoms with Crippen molar-refractivity contribution in [1.82, 2.24) is 0 Å². The molecule has 0 saturated heterocycles. The van der Waals surface area contributed by atoms with Crippen molar-refractivity contribution in [3.8, 4) is 5.75 Å². The molecule has 0 heterocycles. The third-order valence-electron chi connectivity index (χ3n) is 3.39. The van der Waals surface area contributed by atoms with E-state index in [2.05, 4.69) is 26.8 Å². The van der Waals surface area contributed by atoms with Crippen LogP contribution in [0.2, 0.25) is 0 Å². The monoisotopic (exact) mass is 282 g/mol. The molecule has 0 aliphatic carbocycles. The van der Waals surface area contributed by atoms with Gasteiger partial charge in [-0.2, -0.15) is 0 Å². The maximum atomic E-state index is 12.0. The lowest BCUT2D eigenvalue weighted by atomic mass is 9.87. The molecule has 2 heteroatoms. The molecule has 0 fully saturated rings. The molecule has 0 unspecified atom stereocenters. The predicted molar refractivity (Wildman–Crippen MR) is 86.0 cm³/mol. The number of ketones is 1. The molecule has 0 atom stereocenters. The molecule has 21 heavy (non-hydrogen) atoms. The Morgan fingerprint density at radius 1 is 1.00 bits per heavy atom. The molecule has 0 spiro atoms. The van der Waals surface area contributed by atoms with Gasteiger partial charge in [0.1, 0.15) is 5.75 Å². The summed E-state index contributed by atoms with van der Waals surface area (Å²) < 4.78 is 5.71. The minimum atomic E-state index is 0.0965. The molecule has 2 rings (SSSR count). The number of carbonyl (C=O) groups is 1. The Morgan fingerprint density at radius 3 is 2.38 bits per heavy atom. The van der Waals surface area contributed by atoms with Gasteiger partial charge in [0, 0.05) is 12.0 Å². The second-order valence-electron chi connectivity index (χ2n) is 6.17. The standard InChI is InChI=1S/C19H22O2/c1-19(2,3)16-10-7-11-17(14-16)21-13-12-18(20)15-8-5-4-6-9-15/h4-11,14H,12-13H2,1-3H3. The summed E-state index contributed by atoms with van der Waals surface area (Å²) in [6, 6.07) is 17.4. The van der Waals surface area contributed by atoms with Crippen molar-refractivity contribution in [2.75, 3.05) is 6.61 Å². The Kier molecular flexibility index (Phi) is 4.79. The van der Waals surface area contributed by atoms with Crippen molar-refractivity contribution in [3.63, 3.8) is 0 Å². The normalized spacial score (nSPS) is 11.2. The van der Waals surface area contributed by atoms with Gasteiger partial charge in [-0.25, -0.2) is 0 Å². The first-order valence-electron chi connectivity index (χ1n) is 7.28. The van der Waals surface area contributed by atoms with Crippen LogP contribution in [0.25, 0.3) is 0 Å². The fraction of sp³-hybridized carbons (Fsp3) is 0.316. The maximum Gasteiger partial charge on any atom is 0.166 e. The van der Waals surface area contributed by atoms with E-state index in [4.69, 9.17) is 4.74 Å². The molecule has 0 radical (unpaired) electrons. The van der Waals surface area contributed by atoms with E-state index in [1.54, 1.807) is 0 Å². The third kappa shape index (κ3) is 4.45. The molecule has 0 amide bonds. The van der Waals surface area contributed by atoms with Crippen LogP contribution < -0.4 is 4.74 Å². The lowest BCUT2D eigenvalue weighted by Crippen LogP contribution is -2.11. The number of carbonyl (C=O) groups excluding carboxylic acids is 1. The zero-order valence-corrected chi connectivity index (χ0v) is 12.9. The van der Waals surface area contributed by atoms with Crippen LogP contribution in [0.5, 0.6) is 5.75 Å². The number of Topliss-reactive ketones (excluding diaryl/α,β-unsaturated/α-hetero) is 1. The number of hydrogen-bond donors (Lipinski definition) is 0. The predicted octanol–water partition coefficient (Wildman–Crippen LogP) is 4.64. The highest BCUT2D eigenvalue weighted by molar-refractivity contribution is 5.96. The van der Waals surface area contributed by atoms with Crippen molar-refractivity contribution in [2.45, 2.75) is 32.6 Å². The van der Waals surface area contributed by atoms with Gasteiger partial charge in [-0.3, -0.25) is 4.79 Å². The van der Waals surface area contributed by atoms with Crippen molar-refractivity contribution in [1.29, 1.82) is 0 Å². The third-order valence-corrected chi connectivity index (χ3v) is 3.39. The average Bonchev–Trinajstić information content (AvgIpc) is 2.47. The van der Waals surface area contributed by atoms with Crippen LogP contribution in [0.3, 0.4) is 0 Å². The van der Waals surface area contributed by atoms with Crippen LogP contribution in [0.15, 0.2) is 54.6 Å². The zero-order valence-electron chi connectivity index (χ0n) is 12.9. The maximum absolute atomic E-state index is 12.0. The summed E-state index contributed by atoms with van der Waals surface area (Å²) in [5.41, 5.74) is 2.07. The first kappa shape index (κ1) is 15.3. The Morgan fingerprint density at radius 2 is 1.71 bits per heavy atom. The molecule has 2 nitrogen and oxygen atoms in total. The van der Waals surface area contributed by atoms with Crippen LogP contribution >= 0.6 is 0 Å². The topological polar surface area (TPSA) is 26.3 Å². The first-order valence-corrected chi connectivity index (χ1v) is 7.28. The van der Waals surface area contributed by atoms with Crippen molar-refractivity contribution >= 4 is 5.78 Å². The molecule has 0 saturated carbocycles. The molecular formula is C19H22O2. The number of ether oxygens (including phenoxy) is 1. The van der Waals surface area contributed by atoms with Gasteiger partial charge in [0.05, 0.1) is 6.61 Å². The summed E-state index contributed by atoms with van der Waals surface area (Å²) >= 11 is 0. The van der Waals surface area contributed by atoms with Crippen LogP contribution in [0.4, 0.5) is 0 Å². The summed E-state index contributed by atoms with van der Waals surface area (Å²) in [4.78, 5) is 12.0. The van der Waals surface area contributed by atoms with E-state index in [9.17, 15) is 4.79 Å². The van der Waals surface area contributed by atoms with Gasteiger partial charge in [0.15, 0.2) is 5.78 Å². The number of benzene rings is 2. The summed E-state index contributed by atoms with van der Waals surface area (Å²) in [6.07, 6.45) is 0.393. The highest BCUT2D eigenvalue weighted by atomic mass is 16.5. The van der Waals surface area contributed by atoms with E-state index >= 15 is 0 Å². The number of hydrogen-bond acceptors (Lipinski definition) is 2. The Balaban J connectivity index is 1.91. The van der Waals surface area contributed by atoms with Crippen molar-refractivity contribution in [2.24, 2.45) is 0 Å². The van der Waals surface area contributed by atoms with Crippen LogP contribution in [-0.2, 0) is 5.41 Å². The Bertz CT molecular complexity index is 594. The number of rotatable bonds is 5. The van der Waals surface area contributed by atoms with E-state index in [0.717, 1.165) is 11.3 Å². The van der Waals surface area contributed by atoms with Gasteiger partial charge in [-0.15, -0.1) is 0 Å².